The predicted octanol–water partition coefficient (Wildman–Crippen LogP) is 0.795. The third kappa shape index (κ3) is 6.55. The van der Waals surface area contributed by atoms with Gasteiger partial charge in [-0.2, -0.15) is 0 Å². The first-order chi connectivity index (χ1) is 9.25. The second kappa shape index (κ2) is 8.03. The van der Waals surface area contributed by atoms with Crippen molar-refractivity contribution < 1.29 is 39.6 Å². The van der Waals surface area contributed by atoms with Crippen molar-refractivity contribution >= 4 is 23.9 Å². The summed E-state index contributed by atoms with van der Waals surface area (Å²) >= 11 is 0. The molecule has 0 aliphatic heterocycles. The second-order valence-electron chi connectivity index (χ2n) is 3.17. The Morgan fingerprint density at radius 1 is 0.700 bits per heavy atom. The lowest BCUT2D eigenvalue weighted by Crippen LogP contribution is -2.06. The van der Waals surface area contributed by atoms with Gasteiger partial charge in [-0.1, -0.05) is 12.1 Å². The van der Waals surface area contributed by atoms with Crippen molar-refractivity contribution in [2.24, 2.45) is 0 Å². The fourth-order valence-corrected chi connectivity index (χ4v) is 0.999. The Balaban J connectivity index is 0.000000396. The molecule has 0 bridgehead atoms. The highest BCUT2D eigenvalue weighted by molar-refractivity contribution is 6.01. The van der Waals surface area contributed by atoms with Gasteiger partial charge in [0.15, 0.2) is 0 Å². The van der Waals surface area contributed by atoms with Gasteiger partial charge in [0.2, 0.25) is 0 Å². The molecular formula is C12H10O8. The smallest absolute Gasteiger partial charge is 0.336 e. The lowest BCUT2D eigenvalue weighted by atomic mass is 10.1. The molecule has 0 aliphatic carbocycles. The van der Waals surface area contributed by atoms with E-state index in [1.807, 2.05) is 0 Å². The molecule has 1 rings (SSSR count). The first-order valence-electron chi connectivity index (χ1n) is 4.95. The molecule has 0 fully saturated rings. The zero-order valence-electron chi connectivity index (χ0n) is 9.89. The third-order valence-electron chi connectivity index (χ3n) is 1.76. The fraction of sp³-hybridized carbons (Fsp3) is 0. The van der Waals surface area contributed by atoms with Crippen LogP contribution in [0.25, 0.3) is 0 Å². The molecule has 1 aromatic carbocycles. The van der Waals surface area contributed by atoms with Gasteiger partial charge in [-0.3, -0.25) is 0 Å². The number of hydrogen-bond acceptors (Lipinski definition) is 4. The van der Waals surface area contributed by atoms with E-state index in [2.05, 4.69) is 0 Å². The summed E-state index contributed by atoms with van der Waals surface area (Å²) in [5, 5.41) is 32.7. The van der Waals surface area contributed by atoms with Gasteiger partial charge in [0.25, 0.3) is 0 Å². The highest BCUT2D eigenvalue weighted by Gasteiger charge is 2.13. The zero-order valence-corrected chi connectivity index (χ0v) is 9.89. The molecule has 20 heavy (non-hydrogen) atoms. The first-order valence-corrected chi connectivity index (χ1v) is 4.95. The lowest BCUT2D eigenvalue weighted by molar-refractivity contribution is -0.134. The summed E-state index contributed by atoms with van der Waals surface area (Å²) in [6, 6.07) is 5.48. The van der Waals surface area contributed by atoms with Crippen LogP contribution in [0.15, 0.2) is 36.4 Å². The number of benzene rings is 1. The molecule has 0 spiro atoms. The minimum atomic E-state index is -1.26. The van der Waals surface area contributed by atoms with E-state index in [0.717, 1.165) is 0 Å². The maximum atomic E-state index is 10.5. The largest absolute Gasteiger partial charge is 0.478 e. The van der Waals surface area contributed by atoms with Gasteiger partial charge < -0.3 is 20.4 Å². The van der Waals surface area contributed by atoms with Crippen molar-refractivity contribution in [3.05, 3.63) is 47.5 Å². The normalized spacial score (nSPS) is 9.40. The number of aliphatic carboxylic acids is 2. The van der Waals surface area contributed by atoms with Gasteiger partial charge in [0.05, 0.1) is 11.1 Å². The Labute approximate surface area is 112 Å². The third-order valence-corrected chi connectivity index (χ3v) is 1.76. The Kier molecular flexibility index (Phi) is 6.76. The van der Waals surface area contributed by atoms with Crippen molar-refractivity contribution in [1.29, 1.82) is 0 Å². The van der Waals surface area contributed by atoms with Gasteiger partial charge in [0.1, 0.15) is 0 Å². The van der Waals surface area contributed by atoms with Crippen LogP contribution in [0.3, 0.4) is 0 Å². The predicted molar refractivity (Wildman–Crippen MR) is 64.8 cm³/mol. The number of rotatable bonds is 4. The molecule has 0 saturated carbocycles. The number of carboxylic acid groups (broad SMARTS) is 4. The number of aromatic carboxylic acids is 2. The molecule has 8 heteroatoms. The van der Waals surface area contributed by atoms with E-state index in [1.165, 1.54) is 24.3 Å². The van der Waals surface area contributed by atoms with Crippen molar-refractivity contribution in [3.8, 4) is 0 Å². The summed E-state index contributed by atoms with van der Waals surface area (Å²) in [5.41, 5.74) is -0.380. The molecule has 0 amide bonds. The van der Waals surface area contributed by atoms with Crippen LogP contribution in [0.1, 0.15) is 20.7 Å². The Hall–Kier alpha value is -3.16. The van der Waals surface area contributed by atoms with Gasteiger partial charge in [-0.15, -0.1) is 0 Å². The minimum absolute atomic E-state index is 0.190. The highest BCUT2D eigenvalue weighted by atomic mass is 16.4. The van der Waals surface area contributed by atoms with Crippen molar-refractivity contribution in [1.82, 2.24) is 0 Å². The van der Waals surface area contributed by atoms with E-state index >= 15 is 0 Å². The van der Waals surface area contributed by atoms with Crippen molar-refractivity contribution in [2.45, 2.75) is 0 Å². The molecule has 0 heterocycles. The van der Waals surface area contributed by atoms with Gasteiger partial charge in [0, 0.05) is 12.2 Å². The van der Waals surface area contributed by atoms with E-state index in [-0.39, 0.29) is 11.1 Å². The summed E-state index contributed by atoms with van der Waals surface area (Å²) in [7, 11) is 0. The molecule has 4 N–H and O–H groups in total. The maximum absolute atomic E-state index is 10.5. The molecule has 0 aliphatic rings. The summed E-state index contributed by atoms with van der Waals surface area (Å²) in [6.45, 7) is 0. The molecule has 8 nitrogen and oxygen atoms in total. The Morgan fingerprint density at radius 2 is 1.00 bits per heavy atom. The summed E-state index contributed by atoms with van der Waals surface area (Å²) in [5.74, 6) is -4.97. The summed E-state index contributed by atoms with van der Waals surface area (Å²) in [6.07, 6.45) is 1.12. The van der Waals surface area contributed by atoms with Crippen LogP contribution < -0.4 is 0 Å². The minimum Gasteiger partial charge on any atom is -0.478 e. The molecule has 0 saturated heterocycles. The lowest BCUT2D eigenvalue weighted by Gasteiger charge is -1.98. The van der Waals surface area contributed by atoms with Crippen LogP contribution in [0.2, 0.25) is 0 Å². The SMILES string of the molecule is O=C(O)/C=C/C(=O)O.O=C(O)c1ccccc1C(=O)O. The van der Waals surface area contributed by atoms with Crippen molar-refractivity contribution in [3.63, 3.8) is 0 Å². The average Bonchev–Trinajstić information content (AvgIpc) is 2.37. The van der Waals surface area contributed by atoms with Gasteiger partial charge in [-0.25, -0.2) is 19.2 Å². The van der Waals surface area contributed by atoms with Gasteiger partial charge >= 0.3 is 23.9 Å². The number of hydrogen-bond donors (Lipinski definition) is 4. The molecule has 0 unspecified atom stereocenters. The van der Waals surface area contributed by atoms with E-state index in [9.17, 15) is 19.2 Å². The summed E-state index contributed by atoms with van der Waals surface area (Å²) < 4.78 is 0. The summed E-state index contributed by atoms with van der Waals surface area (Å²) in [4.78, 5) is 40.0. The second-order valence-corrected chi connectivity index (χ2v) is 3.17. The molecule has 0 radical (unpaired) electrons. The van der Waals surface area contributed by atoms with Crippen LogP contribution >= 0.6 is 0 Å². The van der Waals surface area contributed by atoms with Crippen LogP contribution in [0, 0.1) is 0 Å². The van der Waals surface area contributed by atoms with Crippen LogP contribution in [-0.2, 0) is 9.59 Å². The van der Waals surface area contributed by atoms with E-state index < -0.39 is 23.9 Å². The van der Waals surface area contributed by atoms with Crippen LogP contribution in [-0.4, -0.2) is 44.3 Å². The number of carboxylic acids is 4. The van der Waals surface area contributed by atoms with Crippen molar-refractivity contribution in [2.75, 3.05) is 0 Å². The van der Waals surface area contributed by atoms with Gasteiger partial charge in [-0.05, 0) is 12.1 Å². The Morgan fingerprint density at radius 3 is 1.20 bits per heavy atom. The molecule has 1 aromatic rings. The highest BCUT2D eigenvalue weighted by Crippen LogP contribution is 2.07. The topological polar surface area (TPSA) is 149 Å². The van der Waals surface area contributed by atoms with Crippen LogP contribution in [0.5, 0.6) is 0 Å². The average molecular weight is 282 g/mol. The molecular weight excluding hydrogens is 272 g/mol. The molecule has 106 valence electrons. The fourth-order valence-electron chi connectivity index (χ4n) is 0.999. The standard InChI is InChI=1S/C8H6O4.C4H4O4/c9-7(10)5-3-1-2-4-6(5)8(11)12;5-3(6)1-2-4(7)8/h1-4H,(H,9,10)(H,11,12);1-2H,(H,5,6)(H,7,8)/b;2-1+. The Bertz CT molecular complexity index is 509. The van der Waals surface area contributed by atoms with E-state index in [4.69, 9.17) is 20.4 Å². The van der Waals surface area contributed by atoms with Crippen LogP contribution in [0.4, 0.5) is 0 Å². The van der Waals surface area contributed by atoms with E-state index in [0.29, 0.717) is 12.2 Å². The molecule has 0 atom stereocenters. The monoisotopic (exact) mass is 282 g/mol. The quantitative estimate of drug-likeness (QED) is 0.592. The zero-order chi connectivity index (χ0) is 15.7. The first kappa shape index (κ1) is 16.8. The van der Waals surface area contributed by atoms with E-state index in [1.54, 1.807) is 0 Å². The number of carbonyl (C=O) groups is 4. The maximum Gasteiger partial charge on any atom is 0.336 e. The molecule has 0 aromatic heterocycles.